The number of imidazole rings is 1. The number of nitrogens with one attached hydrogen (secondary N) is 1. The van der Waals surface area contributed by atoms with Crippen LogP contribution in [0.1, 0.15) is 63.1 Å². The van der Waals surface area contributed by atoms with E-state index in [-0.39, 0.29) is 19.0 Å². The Hall–Kier alpha value is -4.12. The minimum atomic E-state index is -0.636. The molecule has 8 heteroatoms. The van der Waals surface area contributed by atoms with Crippen molar-refractivity contribution in [1.29, 1.82) is 5.26 Å². The summed E-state index contributed by atoms with van der Waals surface area (Å²) in [5, 5.41) is 12.3. The Bertz CT molecular complexity index is 1260. The van der Waals surface area contributed by atoms with E-state index < -0.39 is 11.7 Å². The van der Waals surface area contributed by atoms with Crippen molar-refractivity contribution in [2.45, 2.75) is 59.6 Å². The fourth-order valence-corrected chi connectivity index (χ4v) is 3.61. The summed E-state index contributed by atoms with van der Waals surface area (Å²) in [7, 11) is 0. The highest BCUT2D eigenvalue weighted by Crippen LogP contribution is 2.22. The van der Waals surface area contributed by atoms with Gasteiger partial charge >= 0.3 is 6.09 Å². The van der Waals surface area contributed by atoms with Gasteiger partial charge in [-0.15, -0.1) is 0 Å². The molecule has 0 spiro atoms. The van der Waals surface area contributed by atoms with Crippen LogP contribution in [0.5, 0.6) is 0 Å². The molecule has 36 heavy (non-hydrogen) atoms. The number of ether oxygens (including phenoxy) is 1. The number of carbonyl (C=O) groups is 2. The maximum atomic E-state index is 13.0. The number of hydrogen-bond donors (Lipinski definition) is 1. The molecule has 0 fully saturated rings. The number of benzene rings is 2. The molecule has 1 aromatic heterocycles. The second-order valence-electron chi connectivity index (χ2n) is 9.97. The molecule has 0 saturated heterocycles. The van der Waals surface area contributed by atoms with E-state index in [1.165, 1.54) is 16.5 Å². The van der Waals surface area contributed by atoms with Gasteiger partial charge in [-0.1, -0.05) is 32.0 Å². The molecule has 0 atom stereocenters. The molecule has 188 valence electrons. The van der Waals surface area contributed by atoms with Crippen LogP contribution in [0.25, 0.3) is 0 Å². The number of rotatable bonds is 7. The van der Waals surface area contributed by atoms with Gasteiger partial charge in [-0.25, -0.2) is 14.3 Å². The van der Waals surface area contributed by atoms with Crippen molar-refractivity contribution < 1.29 is 14.3 Å². The summed E-state index contributed by atoms with van der Waals surface area (Å²) < 4.78 is 6.82. The van der Waals surface area contributed by atoms with Crippen LogP contribution in [0.3, 0.4) is 0 Å². The zero-order valence-electron chi connectivity index (χ0n) is 21.7. The van der Waals surface area contributed by atoms with Gasteiger partial charge in [-0.05, 0) is 69.5 Å². The molecule has 0 unspecified atom stereocenters. The third kappa shape index (κ3) is 6.95. The lowest BCUT2D eigenvalue weighted by Crippen LogP contribution is -2.33. The van der Waals surface area contributed by atoms with Crippen LogP contribution in [0.2, 0.25) is 0 Å². The zero-order chi connectivity index (χ0) is 26.5. The average Bonchev–Trinajstić information content (AvgIpc) is 3.18. The van der Waals surface area contributed by atoms with Gasteiger partial charge in [0.05, 0.1) is 36.1 Å². The van der Waals surface area contributed by atoms with Gasteiger partial charge < -0.3 is 15.0 Å². The van der Waals surface area contributed by atoms with E-state index in [2.05, 4.69) is 30.2 Å². The van der Waals surface area contributed by atoms with Crippen molar-refractivity contribution >= 4 is 23.4 Å². The molecule has 0 aliphatic heterocycles. The molecule has 3 rings (SSSR count). The number of nitrogens with zero attached hydrogens (tertiary/aromatic N) is 4. The SMILES string of the molecule is Cc1c(CN(CC(=O)Nc2ccc(C(C)C)cc2)c2cccc(C#N)c2)ncn1C(=O)OC(C)(C)C. The molecule has 1 N–H and O–H groups in total. The quantitative estimate of drug-likeness (QED) is 0.465. The zero-order valence-corrected chi connectivity index (χ0v) is 21.7. The minimum Gasteiger partial charge on any atom is -0.443 e. The van der Waals surface area contributed by atoms with Gasteiger partial charge in [0, 0.05) is 11.4 Å². The van der Waals surface area contributed by atoms with Crippen molar-refractivity contribution in [3.63, 3.8) is 0 Å². The molecule has 0 aliphatic rings. The van der Waals surface area contributed by atoms with Crippen molar-refractivity contribution in [2.75, 3.05) is 16.8 Å². The molecule has 1 amide bonds. The summed E-state index contributed by atoms with van der Waals surface area (Å²) in [5.41, 5.74) is 3.69. The first-order chi connectivity index (χ1) is 17.0. The number of nitriles is 1. The van der Waals surface area contributed by atoms with E-state index in [9.17, 15) is 14.9 Å². The van der Waals surface area contributed by atoms with Gasteiger partial charge in [0.15, 0.2) is 0 Å². The molecule has 0 radical (unpaired) electrons. The third-order valence-corrected chi connectivity index (χ3v) is 5.57. The molecule has 2 aromatic carbocycles. The van der Waals surface area contributed by atoms with Gasteiger partial charge in [-0.3, -0.25) is 4.79 Å². The fourth-order valence-electron chi connectivity index (χ4n) is 3.61. The smallest absolute Gasteiger partial charge is 0.420 e. The van der Waals surface area contributed by atoms with Crippen molar-refractivity contribution in [1.82, 2.24) is 9.55 Å². The Morgan fingerprint density at radius 2 is 1.86 bits per heavy atom. The number of anilines is 2. The highest BCUT2D eigenvalue weighted by Gasteiger charge is 2.22. The molecular weight excluding hydrogens is 454 g/mol. The summed E-state index contributed by atoms with van der Waals surface area (Å²) in [6.45, 7) is 11.7. The number of hydrogen-bond acceptors (Lipinski definition) is 6. The van der Waals surface area contributed by atoms with E-state index in [0.29, 0.717) is 34.2 Å². The van der Waals surface area contributed by atoms with Crippen molar-refractivity contribution in [3.05, 3.63) is 77.4 Å². The van der Waals surface area contributed by atoms with Gasteiger partial charge in [0.1, 0.15) is 11.9 Å². The highest BCUT2D eigenvalue weighted by molar-refractivity contribution is 5.94. The van der Waals surface area contributed by atoms with Crippen molar-refractivity contribution in [2.24, 2.45) is 0 Å². The summed E-state index contributed by atoms with van der Waals surface area (Å²) in [6, 6.07) is 17.0. The Labute approximate surface area is 212 Å². The average molecular weight is 488 g/mol. The van der Waals surface area contributed by atoms with Gasteiger partial charge in [-0.2, -0.15) is 5.26 Å². The standard InChI is InChI=1S/C28H33N5O3/c1-19(2)22-10-12-23(13-11-22)31-26(34)17-32(24-9-7-8-21(14-24)15-29)16-25-20(3)33(18-30-25)27(35)36-28(4,5)6/h7-14,18-19H,16-17H2,1-6H3,(H,31,34). The predicted octanol–water partition coefficient (Wildman–Crippen LogP) is 5.62. The number of carbonyl (C=O) groups excluding carboxylic acids is 2. The van der Waals surface area contributed by atoms with Gasteiger partial charge in [0.2, 0.25) is 5.91 Å². The van der Waals surface area contributed by atoms with Crippen LogP contribution in [0.4, 0.5) is 16.2 Å². The van der Waals surface area contributed by atoms with E-state index in [1.54, 1.807) is 45.9 Å². The third-order valence-electron chi connectivity index (χ3n) is 5.57. The van der Waals surface area contributed by atoms with E-state index in [0.717, 1.165) is 0 Å². The Balaban J connectivity index is 1.83. The first kappa shape index (κ1) is 26.5. The topological polar surface area (TPSA) is 100 Å². The molecule has 1 heterocycles. The number of aromatic nitrogens is 2. The lowest BCUT2D eigenvalue weighted by atomic mass is 10.0. The number of amides is 1. The van der Waals surface area contributed by atoms with Crippen LogP contribution in [0.15, 0.2) is 54.9 Å². The predicted molar refractivity (Wildman–Crippen MR) is 140 cm³/mol. The van der Waals surface area contributed by atoms with Crippen LogP contribution in [0, 0.1) is 18.3 Å². The Kier molecular flexibility index (Phi) is 8.15. The molecular formula is C28H33N5O3. The minimum absolute atomic E-state index is 0.0273. The maximum absolute atomic E-state index is 13.0. The summed E-state index contributed by atoms with van der Waals surface area (Å²) in [5.74, 6) is 0.195. The fraction of sp³-hybridized carbons (Fsp3) is 0.357. The van der Waals surface area contributed by atoms with Crippen LogP contribution >= 0.6 is 0 Å². The maximum Gasteiger partial charge on any atom is 0.420 e. The lowest BCUT2D eigenvalue weighted by Gasteiger charge is -2.24. The normalized spacial score (nSPS) is 11.2. The Morgan fingerprint density at radius 1 is 1.17 bits per heavy atom. The molecule has 3 aromatic rings. The first-order valence-corrected chi connectivity index (χ1v) is 11.9. The molecule has 0 saturated carbocycles. The van der Waals surface area contributed by atoms with Gasteiger partial charge in [0.25, 0.3) is 0 Å². The van der Waals surface area contributed by atoms with E-state index in [4.69, 9.17) is 4.74 Å². The largest absolute Gasteiger partial charge is 0.443 e. The van der Waals surface area contributed by atoms with E-state index in [1.807, 2.05) is 35.2 Å². The second kappa shape index (κ2) is 11.1. The molecule has 8 nitrogen and oxygen atoms in total. The molecule has 0 aliphatic carbocycles. The monoisotopic (exact) mass is 487 g/mol. The second-order valence-corrected chi connectivity index (χ2v) is 9.97. The van der Waals surface area contributed by atoms with Crippen molar-refractivity contribution in [3.8, 4) is 6.07 Å². The summed E-state index contributed by atoms with van der Waals surface area (Å²) in [6.07, 6.45) is 0.915. The lowest BCUT2D eigenvalue weighted by molar-refractivity contribution is -0.115. The Morgan fingerprint density at radius 3 is 2.47 bits per heavy atom. The van der Waals surface area contributed by atoms with Crippen LogP contribution in [-0.2, 0) is 16.1 Å². The van der Waals surface area contributed by atoms with E-state index >= 15 is 0 Å². The summed E-state index contributed by atoms with van der Waals surface area (Å²) >= 11 is 0. The van der Waals surface area contributed by atoms with Crippen LogP contribution in [-0.4, -0.2) is 33.7 Å². The molecule has 0 bridgehead atoms. The van der Waals surface area contributed by atoms with Crippen LogP contribution < -0.4 is 10.2 Å². The first-order valence-electron chi connectivity index (χ1n) is 11.9. The highest BCUT2D eigenvalue weighted by atomic mass is 16.6. The summed E-state index contributed by atoms with van der Waals surface area (Å²) in [4.78, 5) is 31.8.